The van der Waals surface area contributed by atoms with E-state index in [1.54, 1.807) is 24.4 Å². The van der Waals surface area contributed by atoms with Gasteiger partial charge < -0.3 is 11.1 Å². The number of carbonyl (C=O) groups excluding carboxylic acids is 1. The molecule has 3 N–H and O–H groups in total. The number of fused-ring (bicyclic) bond motifs is 1. The SMILES string of the molecule is [C-]#[N+]c1ccnc(NC(=O)c2ccc(-c3nc(C4CCCC4)n4ccnc(N)c34)cc2)c1. The van der Waals surface area contributed by atoms with Gasteiger partial charge in [-0.25, -0.2) is 19.8 Å². The van der Waals surface area contributed by atoms with Gasteiger partial charge in [-0.15, -0.1) is 0 Å². The first kappa shape index (κ1) is 19.7. The van der Waals surface area contributed by atoms with Gasteiger partial charge in [0.05, 0.1) is 6.57 Å². The van der Waals surface area contributed by atoms with Crippen molar-refractivity contribution in [3.63, 3.8) is 0 Å². The molecule has 3 aromatic heterocycles. The summed E-state index contributed by atoms with van der Waals surface area (Å²) in [5.74, 6) is 1.92. The molecule has 0 unspecified atom stereocenters. The molecule has 0 spiro atoms. The summed E-state index contributed by atoms with van der Waals surface area (Å²) in [4.78, 5) is 29.3. The van der Waals surface area contributed by atoms with Crippen LogP contribution in [0.2, 0.25) is 0 Å². The second-order valence-corrected chi connectivity index (χ2v) is 7.87. The topological polar surface area (TPSA) is 103 Å². The number of anilines is 2. The summed E-state index contributed by atoms with van der Waals surface area (Å²) in [5, 5.41) is 2.73. The zero-order valence-corrected chi connectivity index (χ0v) is 17.3. The number of nitrogens with two attached hydrogens (primary N) is 1. The Hall–Kier alpha value is -4.25. The van der Waals surface area contributed by atoms with Crippen molar-refractivity contribution in [3.8, 4) is 11.3 Å². The van der Waals surface area contributed by atoms with E-state index in [4.69, 9.17) is 17.3 Å². The first-order valence-corrected chi connectivity index (χ1v) is 10.5. The number of aromatic nitrogens is 4. The smallest absolute Gasteiger partial charge is 0.256 e. The van der Waals surface area contributed by atoms with Crippen LogP contribution in [0.15, 0.2) is 55.0 Å². The Bertz CT molecular complexity index is 1350. The lowest BCUT2D eigenvalue weighted by Crippen LogP contribution is -2.12. The van der Waals surface area contributed by atoms with Crippen molar-refractivity contribution in [1.82, 2.24) is 19.4 Å². The number of nitrogen functional groups attached to an aromatic ring is 1. The Morgan fingerprint density at radius 3 is 2.66 bits per heavy atom. The predicted octanol–water partition coefficient (Wildman–Crippen LogP) is 4.83. The van der Waals surface area contributed by atoms with Gasteiger partial charge in [-0.05, 0) is 37.1 Å². The van der Waals surface area contributed by atoms with Crippen molar-refractivity contribution in [3.05, 3.63) is 77.8 Å². The highest BCUT2D eigenvalue weighted by Crippen LogP contribution is 2.37. The Labute approximate surface area is 185 Å². The highest BCUT2D eigenvalue weighted by molar-refractivity contribution is 6.04. The third-order valence-electron chi connectivity index (χ3n) is 5.87. The lowest BCUT2D eigenvalue weighted by Gasteiger charge is -2.07. The third kappa shape index (κ3) is 3.54. The van der Waals surface area contributed by atoms with Crippen LogP contribution in [0.3, 0.4) is 0 Å². The van der Waals surface area contributed by atoms with Crippen molar-refractivity contribution < 1.29 is 4.79 Å². The quantitative estimate of drug-likeness (QED) is 0.458. The Morgan fingerprint density at radius 2 is 1.91 bits per heavy atom. The molecular weight excluding hydrogens is 402 g/mol. The van der Waals surface area contributed by atoms with Gasteiger partial charge >= 0.3 is 0 Å². The first-order valence-electron chi connectivity index (χ1n) is 10.5. The van der Waals surface area contributed by atoms with Crippen molar-refractivity contribution in [1.29, 1.82) is 0 Å². The maximum absolute atomic E-state index is 12.6. The second-order valence-electron chi connectivity index (χ2n) is 7.87. The molecule has 3 heterocycles. The lowest BCUT2D eigenvalue weighted by atomic mass is 10.1. The van der Waals surface area contributed by atoms with Gasteiger partial charge in [-0.2, -0.15) is 0 Å². The molecule has 0 bridgehead atoms. The molecule has 1 amide bonds. The van der Waals surface area contributed by atoms with Crippen molar-refractivity contribution >= 4 is 28.7 Å². The van der Waals surface area contributed by atoms with E-state index in [0.29, 0.717) is 28.8 Å². The molecule has 32 heavy (non-hydrogen) atoms. The van der Waals surface area contributed by atoms with Crippen molar-refractivity contribution in [2.75, 3.05) is 11.1 Å². The number of rotatable bonds is 4. The average Bonchev–Trinajstić information content (AvgIpc) is 3.48. The van der Waals surface area contributed by atoms with Gasteiger partial charge in [0, 0.05) is 35.6 Å². The highest BCUT2D eigenvalue weighted by atomic mass is 16.1. The monoisotopic (exact) mass is 423 g/mol. The second kappa shape index (κ2) is 8.12. The van der Waals surface area contributed by atoms with Crippen LogP contribution in [0.5, 0.6) is 0 Å². The summed E-state index contributed by atoms with van der Waals surface area (Å²) in [7, 11) is 0. The van der Waals surface area contributed by atoms with Crippen LogP contribution in [0.25, 0.3) is 21.6 Å². The number of hydrogen-bond donors (Lipinski definition) is 2. The molecule has 5 rings (SSSR count). The van der Waals surface area contributed by atoms with Crippen LogP contribution >= 0.6 is 0 Å². The fourth-order valence-corrected chi connectivity index (χ4v) is 4.29. The van der Waals surface area contributed by atoms with Gasteiger partial charge in [0.15, 0.2) is 5.69 Å². The molecule has 8 heteroatoms. The third-order valence-corrected chi connectivity index (χ3v) is 5.87. The van der Waals surface area contributed by atoms with Gasteiger partial charge in [0.1, 0.15) is 28.7 Å². The largest absolute Gasteiger partial charge is 0.382 e. The minimum Gasteiger partial charge on any atom is -0.382 e. The highest BCUT2D eigenvalue weighted by Gasteiger charge is 2.25. The maximum Gasteiger partial charge on any atom is 0.256 e. The van der Waals surface area contributed by atoms with Crippen LogP contribution in [0.1, 0.15) is 47.8 Å². The minimum atomic E-state index is -0.297. The van der Waals surface area contributed by atoms with Gasteiger partial charge in [-0.3, -0.25) is 9.20 Å². The normalized spacial score (nSPS) is 13.8. The molecule has 1 fully saturated rings. The van der Waals surface area contributed by atoms with E-state index in [9.17, 15) is 4.79 Å². The summed E-state index contributed by atoms with van der Waals surface area (Å²) in [6.07, 6.45) is 9.81. The average molecular weight is 423 g/mol. The standard InChI is InChI=1S/C24H21N7O/c1-26-18-10-11-27-19(14-18)29-24(32)17-8-6-15(7-9-17)20-21-22(25)28-12-13-31(21)23(30-20)16-4-2-3-5-16/h6-14,16H,2-5H2,(H2,25,28)(H,27,29,32). The molecule has 1 aromatic carbocycles. The lowest BCUT2D eigenvalue weighted by molar-refractivity contribution is 0.102. The van der Waals surface area contributed by atoms with Crippen molar-refractivity contribution in [2.24, 2.45) is 0 Å². The zero-order valence-electron chi connectivity index (χ0n) is 17.3. The predicted molar refractivity (Wildman–Crippen MR) is 122 cm³/mol. The van der Waals surface area contributed by atoms with Crippen LogP contribution in [0, 0.1) is 6.57 Å². The molecule has 4 aromatic rings. The fraction of sp³-hybridized carbons (Fsp3) is 0.208. The molecular formula is C24H21N7O. The summed E-state index contributed by atoms with van der Waals surface area (Å²) in [5.41, 5.74) is 9.57. The van der Waals surface area contributed by atoms with Crippen LogP contribution < -0.4 is 11.1 Å². The van der Waals surface area contributed by atoms with E-state index in [-0.39, 0.29) is 5.91 Å². The van der Waals surface area contributed by atoms with Crippen molar-refractivity contribution in [2.45, 2.75) is 31.6 Å². The molecule has 0 radical (unpaired) electrons. The van der Waals surface area contributed by atoms with E-state index >= 15 is 0 Å². The number of carbonyl (C=O) groups is 1. The molecule has 1 aliphatic carbocycles. The van der Waals surface area contributed by atoms with Gasteiger partial charge in [0.2, 0.25) is 0 Å². The van der Waals surface area contributed by atoms with E-state index in [1.165, 1.54) is 25.1 Å². The molecule has 1 aliphatic rings. The maximum atomic E-state index is 12.6. The number of hydrogen-bond acceptors (Lipinski definition) is 5. The summed E-state index contributed by atoms with van der Waals surface area (Å²) >= 11 is 0. The molecule has 0 aliphatic heterocycles. The Balaban J connectivity index is 1.46. The summed E-state index contributed by atoms with van der Waals surface area (Å²) < 4.78 is 2.06. The molecule has 0 saturated heterocycles. The fourth-order valence-electron chi connectivity index (χ4n) is 4.29. The molecule has 0 atom stereocenters. The van der Waals surface area contributed by atoms with Gasteiger partial charge in [0.25, 0.3) is 5.91 Å². The molecule has 1 saturated carbocycles. The summed E-state index contributed by atoms with van der Waals surface area (Å²) in [6.45, 7) is 7.08. The van der Waals surface area contributed by atoms with Crippen LogP contribution in [-0.4, -0.2) is 25.3 Å². The van der Waals surface area contributed by atoms with Gasteiger partial charge in [-0.1, -0.05) is 25.0 Å². The number of imidazole rings is 1. The van der Waals surface area contributed by atoms with E-state index in [2.05, 4.69) is 24.5 Å². The number of amides is 1. The summed E-state index contributed by atoms with van der Waals surface area (Å²) in [6, 6.07) is 10.4. The molecule has 8 nitrogen and oxygen atoms in total. The number of nitrogens with one attached hydrogen (secondary N) is 1. The van der Waals surface area contributed by atoms with E-state index in [0.717, 1.165) is 35.4 Å². The minimum absolute atomic E-state index is 0.297. The van der Waals surface area contributed by atoms with E-state index < -0.39 is 0 Å². The molecule has 158 valence electrons. The number of pyridine rings is 1. The Kier molecular flexibility index (Phi) is 5.00. The Morgan fingerprint density at radius 1 is 1.12 bits per heavy atom. The number of benzene rings is 1. The zero-order chi connectivity index (χ0) is 22.1. The van der Waals surface area contributed by atoms with E-state index in [1.807, 2.05) is 18.3 Å². The van der Waals surface area contributed by atoms with Crippen LogP contribution in [-0.2, 0) is 0 Å². The number of nitrogens with zero attached hydrogens (tertiary/aromatic N) is 5. The van der Waals surface area contributed by atoms with Crippen LogP contribution in [0.4, 0.5) is 17.3 Å². The first-order chi connectivity index (χ1) is 15.6.